The highest BCUT2D eigenvalue weighted by atomic mass is 19.1. The van der Waals surface area contributed by atoms with Crippen LogP contribution < -0.4 is 10.5 Å². The Morgan fingerprint density at radius 3 is 2.55 bits per heavy atom. The van der Waals surface area contributed by atoms with Gasteiger partial charge in [-0.2, -0.15) is 0 Å². The zero-order valence-corrected chi connectivity index (χ0v) is 10.5. The van der Waals surface area contributed by atoms with Crippen molar-refractivity contribution in [2.75, 3.05) is 0 Å². The summed E-state index contributed by atoms with van der Waals surface area (Å²) in [7, 11) is 0. The summed E-state index contributed by atoms with van der Waals surface area (Å²) in [6.45, 7) is 1.70. The summed E-state index contributed by atoms with van der Waals surface area (Å²) in [4.78, 5) is 3.92. The third kappa shape index (κ3) is 2.82. The second-order valence-corrected chi connectivity index (χ2v) is 4.00. The number of rotatable bonds is 3. The van der Waals surface area contributed by atoms with Gasteiger partial charge in [0.15, 0.2) is 5.84 Å². The number of aryl methyl sites for hydroxylation is 1. The fourth-order valence-electron chi connectivity index (χ4n) is 1.67. The molecular weight excluding hydrogens is 268 g/mol. The largest absolute Gasteiger partial charge is 0.438 e. The monoisotopic (exact) mass is 279 g/mol. The molecule has 0 fully saturated rings. The van der Waals surface area contributed by atoms with E-state index in [1.54, 1.807) is 13.0 Å². The Hall–Kier alpha value is -2.70. The molecule has 0 aliphatic rings. The van der Waals surface area contributed by atoms with Crippen LogP contribution in [0.25, 0.3) is 0 Å². The minimum Gasteiger partial charge on any atom is -0.438 e. The predicted molar refractivity (Wildman–Crippen MR) is 67.9 cm³/mol. The highest BCUT2D eigenvalue weighted by molar-refractivity contribution is 6.00. The van der Waals surface area contributed by atoms with E-state index in [1.807, 2.05) is 0 Å². The Labute approximate surface area is 113 Å². The first-order valence-corrected chi connectivity index (χ1v) is 5.58. The minimum absolute atomic E-state index is 0.00898. The summed E-state index contributed by atoms with van der Waals surface area (Å²) in [6, 6.07) is 4.36. The van der Waals surface area contributed by atoms with Crippen LogP contribution in [0.5, 0.6) is 11.6 Å². The van der Waals surface area contributed by atoms with Gasteiger partial charge in [0.2, 0.25) is 5.88 Å². The van der Waals surface area contributed by atoms with Crippen molar-refractivity contribution in [3.05, 3.63) is 53.2 Å². The van der Waals surface area contributed by atoms with Crippen molar-refractivity contribution < 1.29 is 18.7 Å². The lowest BCUT2D eigenvalue weighted by Crippen LogP contribution is -2.16. The topological polar surface area (TPSA) is 80.7 Å². The van der Waals surface area contributed by atoms with Gasteiger partial charge in [-0.15, -0.1) is 0 Å². The van der Waals surface area contributed by atoms with E-state index < -0.39 is 11.6 Å². The average molecular weight is 279 g/mol. The van der Waals surface area contributed by atoms with E-state index in [9.17, 15) is 8.78 Å². The molecule has 0 amide bonds. The van der Waals surface area contributed by atoms with Crippen LogP contribution in [0.2, 0.25) is 0 Å². The molecular formula is C13H11F2N3O2. The summed E-state index contributed by atoms with van der Waals surface area (Å²) in [6.07, 6.45) is 1.44. The van der Waals surface area contributed by atoms with Crippen LogP contribution in [0, 0.1) is 18.6 Å². The second kappa shape index (κ2) is 5.52. The van der Waals surface area contributed by atoms with Crippen molar-refractivity contribution in [1.29, 1.82) is 0 Å². The molecule has 0 atom stereocenters. The van der Waals surface area contributed by atoms with E-state index >= 15 is 0 Å². The van der Waals surface area contributed by atoms with Crippen molar-refractivity contribution >= 4 is 5.84 Å². The average Bonchev–Trinajstić information content (AvgIpc) is 2.37. The Bertz CT molecular complexity index is 654. The first kappa shape index (κ1) is 13.7. The molecule has 0 radical (unpaired) electrons. The van der Waals surface area contributed by atoms with Crippen molar-refractivity contribution in [1.82, 2.24) is 4.98 Å². The quantitative estimate of drug-likeness (QED) is 0.391. The summed E-state index contributed by atoms with van der Waals surface area (Å²) in [5.74, 6) is -1.85. The van der Waals surface area contributed by atoms with Crippen LogP contribution in [0.4, 0.5) is 8.78 Å². The fourth-order valence-corrected chi connectivity index (χ4v) is 1.67. The molecule has 3 N–H and O–H groups in total. The number of hydrogen-bond acceptors (Lipinski definition) is 4. The number of ether oxygens (including phenoxy) is 1. The van der Waals surface area contributed by atoms with Crippen molar-refractivity contribution in [3.8, 4) is 11.6 Å². The Morgan fingerprint density at radius 1 is 1.30 bits per heavy atom. The number of amidine groups is 1. The summed E-state index contributed by atoms with van der Waals surface area (Å²) in [5, 5.41) is 11.6. The lowest BCUT2D eigenvalue weighted by atomic mass is 10.1. The highest BCUT2D eigenvalue weighted by Crippen LogP contribution is 2.26. The zero-order valence-electron chi connectivity index (χ0n) is 10.5. The third-order valence-corrected chi connectivity index (χ3v) is 2.54. The summed E-state index contributed by atoms with van der Waals surface area (Å²) >= 11 is 0. The lowest BCUT2D eigenvalue weighted by molar-refractivity contribution is 0.318. The Kier molecular flexibility index (Phi) is 3.79. The maximum atomic E-state index is 13.1. The lowest BCUT2D eigenvalue weighted by Gasteiger charge is -2.11. The third-order valence-electron chi connectivity index (χ3n) is 2.54. The van der Waals surface area contributed by atoms with Crippen LogP contribution in [0.1, 0.15) is 11.1 Å². The van der Waals surface area contributed by atoms with Gasteiger partial charge in [0, 0.05) is 24.4 Å². The Balaban J connectivity index is 2.46. The van der Waals surface area contributed by atoms with Gasteiger partial charge in [0.1, 0.15) is 17.4 Å². The van der Waals surface area contributed by atoms with Crippen molar-refractivity contribution in [2.24, 2.45) is 10.9 Å². The number of benzene rings is 1. The van der Waals surface area contributed by atoms with Gasteiger partial charge < -0.3 is 15.7 Å². The molecule has 5 nitrogen and oxygen atoms in total. The normalized spacial score (nSPS) is 11.4. The minimum atomic E-state index is -0.780. The first-order chi connectivity index (χ1) is 9.51. The fraction of sp³-hybridized carbons (Fsp3) is 0.0769. The molecule has 1 aromatic carbocycles. The Morgan fingerprint density at radius 2 is 1.95 bits per heavy atom. The standard InChI is InChI=1S/C13H11F2N3O2/c1-7-2-3-17-13(11(7)12(16)18-19)20-10-5-8(14)4-9(15)6-10/h2-6,19H,1H3,(H2,16,18). The molecule has 0 spiro atoms. The number of oxime groups is 1. The molecule has 2 aromatic rings. The number of nitrogens with zero attached hydrogens (tertiary/aromatic N) is 2. The van der Waals surface area contributed by atoms with Gasteiger partial charge in [0.05, 0.1) is 5.56 Å². The van der Waals surface area contributed by atoms with Crippen LogP contribution in [0.3, 0.4) is 0 Å². The molecule has 20 heavy (non-hydrogen) atoms. The molecule has 0 unspecified atom stereocenters. The van der Waals surface area contributed by atoms with E-state index in [-0.39, 0.29) is 23.0 Å². The highest BCUT2D eigenvalue weighted by Gasteiger charge is 2.14. The van der Waals surface area contributed by atoms with E-state index in [0.717, 1.165) is 18.2 Å². The number of nitrogens with two attached hydrogens (primary N) is 1. The molecule has 2 rings (SSSR count). The molecule has 0 aliphatic carbocycles. The summed E-state index contributed by atoms with van der Waals surface area (Å²) in [5.41, 5.74) is 6.43. The first-order valence-electron chi connectivity index (χ1n) is 5.58. The number of halogens is 2. The van der Waals surface area contributed by atoms with Crippen molar-refractivity contribution in [2.45, 2.75) is 6.92 Å². The van der Waals surface area contributed by atoms with Gasteiger partial charge in [0.25, 0.3) is 0 Å². The van der Waals surface area contributed by atoms with Crippen LogP contribution in [-0.2, 0) is 0 Å². The number of pyridine rings is 1. The summed E-state index contributed by atoms with van der Waals surface area (Å²) < 4.78 is 31.5. The van der Waals surface area contributed by atoms with E-state index in [1.165, 1.54) is 6.20 Å². The molecule has 7 heteroatoms. The van der Waals surface area contributed by atoms with Gasteiger partial charge >= 0.3 is 0 Å². The predicted octanol–water partition coefficient (Wildman–Crippen LogP) is 2.56. The molecule has 1 aromatic heterocycles. The number of aromatic nitrogens is 1. The van der Waals surface area contributed by atoms with Gasteiger partial charge in [-0.1, -0.05) is 5.16 Å². The maximum absolute atomic E-state index is 13.1. The maximum Gasteiger partial charge on any atom is 0.230 e. The molecule has 0 aliphatic heterocycles. The molecule has 104 valence electrons. The van der Waals surface area contributed by atoms with E-state index in [2.05, 4.69) is 10.1 Å². The van der Waals surface area contributed by atoms with Gasteiger partial charge in [-0.3, -0.25) is 0 Å². The van der Waals surface area contributed by atoms with Gasteiger partial charge in [-0.25, -0.2) is 13.8 Å². The molecule has 0 bridgehead atoms. The SMILES string of the molecule is Cc1ccnc(Oc2cc(F)cc(F)c2)c1/C(N)=N/O. The molecule has 0 saturated carbocycles. The van der Waals surface area contributed by atoms with Gasteiger partial charge in [-0.05, 0) is 18.6 Å². The smallest absolute Gasteiger partial charge is 0.230 e. The molecule has 0 saturated heterocycles. The van der Waals surface area contributed by atoms with Crippen LogP contribution in [-0.4, -0.2) is 16.0 Å². The zero-order chi connectivity index (χ0) is 14.7. The van der Waals surface area contributed by atoms with Crippen molar-refractivity contribution in [3.63, 3.8) is 0 Å². The van der Waals surface area contributed by atoms with E-state index in [0.29, 0.717) is 5.56 Å². The van der Waals surface area contributed by atoms with E-state index in [4.69, 9.17) is 15.7 Å². The number of hydrogen-bond donors (Lipinski definition) is 2. The van der Waals surface area contributed by atoms with Crippen LogP contribution in [0.15, 0.2) is 35.6 Å². The molecule has 1 heterocycles. The van der Waals surface area contributed by atoms with Crippen LogP contribution >= 0.6 is 0 Å². The second-order valence-electron chi connectivity index (χ2n) is 4.00.